The molecule has 1 saturated heterocycles. The molecule has 0 bridgehead atoms. The second kappa shape index (κ2) is 7.65. The molecule has 3 N–H and O–H groups in total. The first-order chi connectivity index (χ1) is 9.75. The van der Waals surface area contributed by atoms with Crippen LogP contribution in [-0.4, -0.2) is 38.0 Å². The van der Waals surface area contributed by atoms with Crippen LogP contribution in [0.15, 0.2) is 30.3 Å². The van der Waals surface area contributed by atoms with Crippen molar-refractivity contribution in [2.75, 3.05) is 26.2 Å². The lowest BCUT2D eigenvalue weighted by molar-refractivity contribution is -0.120. The lowest BCUT2D eigenvalue weighted by atomic mass is 10.00. The molecule has 1 unspecified atom stereocenters. The Hall–Kier alpha value is -1.88. The first-order valence-electron chi connectivity index (χ1n) is 7.06. The maximum absolute atomic E-state index is 11.8. The van der Waals surface area contributed by atoms with Gasteiger partial charge in [-0.15, -0.1) is 0 Å². The van der Waals surface area contributed by atoms with Gasteiger partial charge in [-0.25, -0.2) is 0 Å². The van der Waals surface area contributed by atoms with E-state index in [9.17, 15) is 9.59 Å². The van der Waals surface area contributed by atoms with Gasteiger partial charge in [-0.05, 0) is 44.0 Å². The van der Waals surface area contributed by atoms with Crippen LogP contribution in [0.2, 0.25) is 0 Å². The monoisotopic (exact) mass is 275 g/mol. The van der Waals surface area contributed by atoms with Gasteiger partial charge < -0.3 is 16.0 Å². The van der Waals surface area contributed by atoms with E-state index >= 15 is 0 Å². The summed E-state index contributed by atoms with van der Waals surface area (Å²) < 4.78 is 0. The number of benzene rings is 1. The molecule has 5 heteroatoms. The molecule has 1 heterocycles. The van der Waals surface area contributed by atoms with Crippen LogP contribution in [0.3, 0.4) is 0 Å². The highest BCUT2D eigenvalue weighted by molar-refractivity contribution is 5.96. The Morgan fingerprint density at radius 3 is 2.70 bits per heavy atom. The van der Waals surface area contributed by atoms with Crippen LogP contribution in [0, 0.1) is 5.92 Å². The molecule has 0 radical (unpaired) electrons. The van der Waals surface area contributed by atoms with Crippen LogP contribution in [0.4, 0.5) is 0 Å². The average molecular weight is 275 g/mol. The molecule has 1 aliphatic heterocycles. The Balaban J connectivity index is 1.66. The predicted octanol–water partition coefficient (Wildman–Crippen LogP) is 0.532. The molecule has 0 aromatic heterocycles. The number of carbonyl (C=O) groups is 2. The minimum atomic E-state index is -0.222. The number of carbonyl (C=O) groups excluding carboxylic acids is 2. The minimum absolute atomic E-state index is 0.0217. The van der Waals surface area contributed by atoms with Gasteiger partial charge in [-0.3, -0.25) is 9.59 Å². The summed E-state index contributed by atoms with van der Waals surface area (Å²) in [5, 5.41) is 8.79. The standard InChI is InChI=1S/C15H21N3O2/c19-14(17-10-12-5-4-8-16-9-12)11-18-15(20)13-6-2-1-3-7-13/h1-3,6-7,12,16H,4-5,8-11H2,(H,17,19)(H,18,20). The summed E-state index contributed by atoms with van der Waals surface area (Å²) in [5.41, 5.74) is 0.566. The van der Waals surface area contributed by atoms with Gasteiger partial charge in [0.2, 0.25) is 5.91 Å². The number of hydrogen-bond donors (Lipinski definition) is 3. The van der Waals surface area contributed by atoms with Crippen molar-refractivity contribution in [3.63, 3.8) is 0 Å². The maximum atomic E-state index is 11.8. The molecule has 1 aromatic carbocycles. The van der Waals surface area contributed by atoms with E-state index < -0.39 is 0 Å². The third kappa shape index (κ3) is 4.66. The second-order valence-corrected chi connectivity index (χ2v) is 5.07. The molecule has 2 amide bonds. The van der Waals surface area contributed by atoms with Crippen LogP contribution >= 0.6 is 0 Å². The largest absolute Gasteiger partial charge is 0.354 e. The Bertz CT molecular complexity index is 442. The highest BCUT2D eigenvalue weighted by Gasteiger charge is 2.14. The number of hydrogen-bond acceptors (Lipinski definition) is 3. The van der Waals surface area contributed by atoms with E-state index in [2.05, 4.69) is 16.0 Å². The normalized spacial score (nSPS) is 18.3. The molecule has 1 aromatic rings. The number of nitrogens with one attached hydrogen (secondary N) is 3. The van der Waals surface area contributed by atoms with Crippen molar-refractivity contribution in [3.8, 4) is 0 Å². The molecule has 1 fully saturated rings. The summed E-state index contributed by atoms with van der Waals surface area (Å²) in [6.07, 6.45) is 2.30. The first-order valence-corrected chi connectivity index (χ1v) is 7.06. The first kappa shape index (κ1) is 14.5. The van der Waals surface area contributed by atoms with Crippen LogP contribution < -0.4 is 16.0 Å². The molecule has 0 saturated carbocycles. The summed E-state index contributed by atoms with van der Waals surface area (Å²) in [7, 11) is 0. The summed E-state index contributed by atoms with van der Waals surface area (Å²) >= 11 is 0. The Labute approximate surface area is 119 Å². The van der Waals surface area contributed by atoms with Gasteiger partial charge in [0.1, 0.15) is 0 Å². The molecular formula is C15H21N3O2. The summed E-state index contributed by atoms with van der Waals surface area (Å²) in [6, 6.07) is 8.89. The van der Waals surface area contributed by atoms with Crippen molar-refractivity contribution in [1.82, 2.24) is 16.0 Å². The molecule has 0 spiro atoms. The van der Waals surface area contributed by atoms with E-state index in [1.54, 1.807) is 24.3 Å². The van der Waals surface area contributed by atoms with Gasteiger partial charge in [0, 0.05) is 12.1 Å². The van der Waals surface area contributed by atoms with Crippen molar-refractivity contribution in [2.24, 2.45) is 5.92 Å². The molecule has 2 rings (SSSR count). The van der Waals surface area contributed by atoms with E-state index in [0.717, 1.165) is 25.9 Å². The summed E-state index contributed by atoms with van der Waals surface area (Å²) in [5.74, 6) is 0.137. The smallest absolute Gasteiger partial charge is 0.251 e. The third-order valence-corrected chi connectivity index (χ3v) is 3.43. The van der Waals surface area contributed by atoms with Crippen molar-refractivity contribution in [3.05, 3.63) is 35.9 Å². The van der Waals surface area contributed by atoms with E-state index in [4.69, 9.17) is 0 Å². The third-order valence-electron chi connectivity index (χ3n) is 3.43. The van der Waals surface area contributed by atoms with E-state index in [0.29, 0.717) is 18.0 Å². The summed E-state index contributed by atoms with van der Waals surface area (Å²) in [6.45, 7) is 2.72. The van der Waals surface area contributed by atoms with Crippen molar-refractivity contribution in [1.29, 1.82) is 0 Å². The van der Waals surface area contributed by atoms with Gasteiger partial charge >= 0.3 is 0 Å². The van der Waals surface area contributed by atoms with Crippen molar-refractivity contribution in [2.45, 2.75) is 12.8 Å². The average Bonchev–Trinajstić information content (AvgIpc) is 2.52. The Morgan fingerprint density at radius 2 is 2.00 bits per heavy atom. The quantitative estimate of drug-likeness (QED) is 0.734. The zero-order chi connectivity index (χ0) is 14.2. The molecular weight excluding hydrogens is 254 g/mol. The SMILES string of the molecule is O=C(CNC(=O)c1ccccc1)NCC1CCCNC1. The number of rotatable bonds is 5. The highest BCUT2D eigenvalue weighted by atomic mass is 16.2. The fourth-order valence-corrected chi connectivity index (χ4v) is 2.27. The number of piperidine rings is 1. The molecule has 20 heavy (non-hydrogen) atoms. The summed E-state index contributed by atoms with van der Waals surface area (Å²) in [4.78, 5) is 23.4. The maximum Gasteiger partial charge on any atom is 0.251 e. The topological polar surface area (TPSA) is 70.2 Å². The Morgan fingerprint density at radius 1 is 1.20 bits per heavy atom. The lowest BCUT2D eigenvalue weighted by Crippen LogP contribution is -2.42. The van der Waals surface area contributed by atoms with Crippen LogP contribution in [0.25, 0.3) is 0 Å². The molecule has 5 nitrogen and oxygen atoms in total. The highest BCUT2D eigenvalue weighted by Crippen LogP contribution is 2.07. The zero-order valence-corrected chi connectivity index (χ0v) is 11.5. The van der Waals surface area contributed by atoms with Gasteiger partial charge in [0.15, 0.2) is 0 Å². The zero-order valence-electron chi connectivity index (χ0n) is 11.5. The fourth-order valence-electron chi connectivity index (χ4n) is 2.27. The van der Waals surface area contributed by atoms with Crippen LogP contribution in [-0.2, 0) is 4.79 Å². The van der Waals surface area contributed by atoms with Crippen LogP contribution in [0.5, 0.6) is 0 Å². The van der Waals surface area contributed by atoms with Gasteiger partial charge in [0.25, 0.3) is 5.91 Å². The van der Waals surface area contributed by atoms with E-state index in [1.807, 2.05) is 6.07 Å². The van der Waals surface area contributed by atoms with Gasteiger partial charge in [-0.2, -0.15) is 0 Å². The second-order valence-electron chi connectivity index (χ2n) is 5.07. The fraction of sp³-hybridized carbons (Fsp3) is 0.467. The van der Waals surface area contributed by atoms with Gasteiger partial charge in [0.05, 0.1) is 6.54 Å². The van der Waals surface area contributed by atoms with E-state index in [-0.39, 0.29) is 18.4 Å². The molecule has 1 atom stereocenters. The van der Waals surface area contributed by atoms with Crippen molar-refractivity contribution < 1.29 is 9.59 Å². The molecule has 1 aliphatic rings. The van der Waals surface area contributed by atoms with E-state index in [1.165, 1.54) is 0 Å². The number of amides is 2. The predicted molar refractivity (Wildman–Crippen MR) is 77.4 cm³/mol. The Kier molecular flexibility index (Phi) is 5.55. The van der Waals surface area contributed by atoms with Gasteiger partial charge in [-0.1, -0.05) is 18.2 Å². The molecule has 108 valence electrons. The lowest BCUT2D eigenvalue weighted by Gasteiger charge is -2.22. The van der Waals surface area contributed by atoms with Crippen molar-refractivity contribution >= 4 is 11.8 Å². The minimum Gasteiger partial charge on any atom is -0.354 e. The molecule has 0 aliphatic carbocycles. The van der Waals surface area contributed by atoms with Crippen LogP contribution in [0.1, 0.15) is 23.2 Å².